The van der Waals surface area contributed by atoms with Crippen LogP contribution in [0.5, 0.6) is 0 Å². The summed E-state index contributed by atoms with van der Waals surface area (Å²) in [6, 6.07) is 22.9. The molecule has 9 heteroatoms. The average molecular weight is 520 g/mol. The maximum absolute atomic E-state index is 9.93. The molecule has 0 spiro atoms. The summed E-state index contributed by atoms with van der Waals surface area (Å²) in [6.45, 7) is 2.07. The fourth-order valence-corrected chi connectivity index (χ4v) is 4.62. The number of nitrogens with zero attached hydrogens (tertiary/aromatic N) is 5. The zero-order valence-corrected chi connectivity index (χ0v) is 21.2. The first-order valence-corrected chi connectivity index (χ1v) is 12.3. The first-order valence-electron chi connectivity index (χ1n) is 12.5. The van der Waals surface area contributed by atoms with Gasteiger partial charge in [0.25, 0.3) is 0 Å². The van der Waals surface area contributed by atoms with Gasteiger partial charge in [-0.1, -0.05) is 61.0 Å². The Morgan fingerprint density at radius 1 is 1.00 bits per heavy atom. The minimum absolute atomic E-state index is 0.0570. The van der Waals surface area contributed by atoms with Crippen molar-refractivity contribution in [3.05, 3.63) is 112 Å². The van der Waals surface area contributed by atoms with Crippen LogP contribution in [0.2, 0.25) is 5.02 Å². The molecular weight excluding hydrogens is 496 g/mol. The number of hydrogen-bond donors (Lipinski definition) is 3. The first kappa shape index (κ1) is 23.5. The summed E-state index contributed by atoms with van der Waals surface area (Å²) in [7, 11) is 0. The standard InChI is InChI=1S/C29H23ClN8/c1-2-25(19-8-4-3-5-9-19)36-27-21(15-32)16-33-29-23(27)12-22(13-24(29)30)35-28(26-17-34-38-37-26)20-10-6-7-18(11-20)14-31/h3-13,16-17,25,28,35H,2H2,1H3,(H,33,36)(H,34,37,38)/t25-,28+/m1/s1/i28D. The third-order valence-electron chi connectivity index (χ3n) is 6.19. The number of hydrogen-bond acceptors (Lipinski definition) is 7. The number of pyridine rings is 1. The van der Waals surface area contributed by atoms with Gasteiger partial charge in [0.1, 0.15) is 11.8 Å². The molecule has 0 unspecified atom stereocenters. The Labute approximate surface area is 226 Å². The van der Waals surface area contributed by atoms with Crippen molar-refractivity contribution in [3.8, 4) is 12.1 Å². The molecule has 2 heterocycles. The maximum Gasteiger partial charge on any atom is 0.109 e. The van der Waals surface area contributed by atoms with Crippen LogP contribution in [0.15, 0.2) is 79.1 Å². The number of nitrogens with one attached hydrogen (secondary N) is 3. The van der Waals surface area contributed by atoms with E-state index in [0.29, 0.717) is 49.7 Å². The summed E-state index contributed by atoms with van der Waals surface area (Å²) in [5.74, 6) is 0. The molecule has 3 N–H and O–H groups in total. The quantitative estimate of drug-likeness (QED) is 0.213. The van der Waals surface area contributed by atoms with Crippen LogP contribution < -0.4 is 10.6 Å². The highest BCUT2D eigenvalue weighted by Gasteiger charge is 2.21. The molecule has 0 aliphatic heterocycles. The van der Waals surface area contributed by atoms with Crippen LogP contribution in [-0.4, -0.2) is 20.4 Å². The van der Waals surface area contributed by atoms with Crippen LogP contribution in [-0.2, 0) is 0 Å². The second-order valence-electron chi connectivity index (χ2n) is 8.58. The Kier molecular flexibility index (Phi) is 6.80. The van der Waals surface area contributed by atoms with E-state index >= 15 is 0 Å². The Hall–Kier alpha value is -4.92. The van der Waals surface area contributed by atoms with Crippen molar-refractivity contribution in [2.75, 3.05) is 10.6 Å². The molecule has 186 valence electrons. The number of fused-ring (bicyclic) bond motifs is 1. The van der Waals surface area contributed by atoms with Crippen molar-refractivity contribution in [3.63, 3.8) is 0 Å². The lowest BCUT2D eigenvalue weighted by Crippen LogP contribution is -2.14. The summed E-state index contributed by atoms with van der Waals surface area (Å²) >= 11 is 6.71. The molecule has 0 saturated heterocycles. The topological polar surface area (TPSA) is 126 Å². The third kappa shape index (κ3) is 4.99. The van der Waals surface area contributed by atoms with Gasteiger partial charge in [0.15, 0.2) is 0 Å². The number of nitriles is 2. The largest absolute Gasteiger partial charge is 0.377 e. The van der Waals surface area contributed by atoms with E-state index < -0.39 is 6.02 Å². The molecule has 0 saturated carbocycles. The molecule has 38 heavy (non-hydrogen) atoms. The Morgan fingerprint density at radius 3 is 2.53 bits per heavy atom. The number of H-pyrrole nitrogens is 1. The molecule has 0 aliphatic rings. The zero-order valence-electron chi connectivity index (χ0n) is 21.4. The van der Waals surface area contributed by atoms with Gasteiger partial charge in [-0.05, 0) is 41.8 Å². The van der Waals surface area contributed by atoms with Crippen LogP contribution in [0.1, 0.15) is 54.7 Å². The zero-order chi connectivity index (χ0) is 27.4. The lowest BCUT2D eigenvalue weighted by Gasteiger charge is -2.22. The Morgan fingerprint density at radius 2 is 1.82 bits per heavy atom. The third-order valence-corrected chi connectivity index (χ3v) is 6.48. The van der Waals surface area contributed by atoms with Gasteiger partial charge in [-0.2, -0.15) is 25.9 Å². The molecule has 0 radical (unpaired) electrons. The normalized spacial score (nSPS) is 13.5. The van der Waals surface area contributed by atoms with Gasteiger partial charge in [-0.3, -0.25) is 4.98 Å². The minimum Gasteiger partial charge on any atom is -0.377 e. The fourth-order valence-electron chi connectivity index (χ4n) is 4.35. The van der Waals surface area contributed by atoms with Crippen LogP contribution in [0.25, 0.3) is 10.9 Å². The van der Waals surface area contributed by atoms with Crippen LogP contribution in [0.4, 0.5) is 11.4 Å². The van der Waals surface area contributed by atoms with E-state index in [0.717, 1.165) is 12.0 Å². The predicted octanol–water partition coefficient (Wildman–Crippen LogP) is 6.51. The molecular formula is C29H23ClN8. The minimum atomic E-state index is -1.61. The summed E-state index contributed by atoms with van der Waals surface area (Å²) in [5.41, 5.74) is 4.29. The molecule has 3 aromatic carbocycles. The molecule has 2 aromatic heterocycles. The Bertz CT molecular complexity index is 1710. The van der Waals surface area contributed by atoms with Crippen LogP contribution in [0, 0.1) is 22.7 Å². The van der Waals surface area contributed by atoms with Gasteiger partial charge in [-0.25, -0.2) is 0 Å². The predicted molar refractivity (Wildman–Crippen MR) is 148 cm³/mol. The summed E-state index contributed by atoms with van der Waals surface area (Å²) < 4.78 is 9.42. The monoisotopic (exact) mass is 519 g/mol. The number of rotatable bonds is 8. The summed E-state index contributed by atoms with van der Waals surface area (Å²) in [5, 5.41) is 37.7. The summed E-state index contributed by atoms with van der Waals surface area (Å²) in [4.78, 5) is 4.45. The van der Waals surface area contributed by atoms with Crippen molar-refractivity contribution >= 4 is 33.9 Å². The highest BCUT2D eigenvalue weighted by Crippen LogP contribution is 2.37. The lowest BCUT2D eigenvalue weighted by molar-refractivity contribution is 0.750. The maximum atomic E-state index is 9.93. The second-order valence-corrected chi connectivity index (χ2v) is 8.98. The molecule has 5 aromatic rings. The van der Waals surface area contributed by atoms with E-state index in [1.165, 1.54) is 12.4 Å². The highest BCUT2D eigenvalue weighted by atomic mass is 35.5. The van der Waals surface area contributed by atoms with Crippen molar-refractivity contribution in [2.45, 2.75) is 25.4 Å². The second kappa shape index (κ2) is 11.0. The van der Waals surface area contributed by atoms with E-state index in [9.17, 15) is 11.9 Å². The molecule has 0 bridgehead atoms. The smallest absolute Gasteiger partial charge is 0.109 e. The van der Waals surface area contributed by atoms with E-state index in [4.69, 9.17) is 11.6 Å². The number of aromatic amines is 1. The van der Waals surface area contributed by atoms with E-state index in [1.54, 1.807) is 30.3 Å². The number of aromatic nitrogens is 4. The molecule has 0 aliphatic carbocycles. The van der Waals surface area contributed by atoms with Crippen molar-refractivity contribution in [1.29, 1.82) is 10.5 Å². The van der Waals surface area contributed by atoms with Gasteiger partial charge in [0.2, 0.25) is 0 Å². The SMILES string of the molecule is [2H][C@](Nc1cc(Cl)c2ncc(C#N)c(N[C@H](CC)c3ccccc3)c2c1)(c1cccc(C#N)c1)c1cn[nH]n1. The Balaban J connectivity index is 1.64. The molecule has 8 nitrogen and oxygen atoms in total. The van der Waals surface area contributed by atoms with Gasteiger partial charge >= 0.3 is 0 Å². The molecule has 0 amide bonds. The first-order chi connectivity index (χ1) is 19.0. The van der Waals surface area contributed by atoms with Crippen molar-refractivity contribution in [2.24, 2.45) is 0 Å². The van der Waals surface area contributed by atoms with Crippen molar-refractivity contribution < 1.29 is 1.37 Å². The number of halogens is 1. The highest BCUT2D eigenvalue weighted by molar-refractivity contribution is 6.35. The number of anilines is 2. The van der Waals surface area contributed by atoms with E-state index in [1.807, 2.05) is 36.4 Å². The van der Waals surface area contributed by atoms with Gasteiger partial charge < -0.3 is 10.6 Å². The molecule has 5 rings (SSSR count). The summed E-state index contributed by atoms with van der Waals surface area (Å²) in [6.07, 6.45) is 3.75. The number of benzene rings is 3. The van der Waals surface area contributed by atoms with E-state index in [2.05, 4.69) is 50.1 Å². The van der Waals surface area contributed by atoms with E-state index in [-0.39, 0.29) is 6.04 Å². The lowest BCUT2D eigenvalue weighted by atomic mass is 10.0. The van der Waals surface area contributed by atoms with Gasteiger partial charge in [-0.15, -0.1) is 0 Å². The molecule has 2 atom stereocenters. The van der Waals surface area contributed by atoms with Gasteiger partial charge in [0.05, 0.1) is 53.1 Å². The van der Waals surface area contributed by atoms with Crippen LogP contribution in [0.3, 0.4) is 0 Å². The molecule has 0 fully saturated rings. The fraction of sp³-hybridized carbons (Fsp3) is 0.138. The van der Waals surface area contributed by atoms with Crippen molar-refractivity contribution in [1.82, 2.24) is 20.4 Å². The average Bonchev–Trinajstić information content (AvgIpc) is 3.52. The van der Waals surface area contributed by atoms with Gasteiger partial charge in [0, 0.05) is 17.3 Å². The van der Waals surface area contributed by atoms with Crippen LogP contribution >= 0.6 is 11.6 Å².